The molecule has 2 fully saturated rings. The fraction of sp³-hybridized carbons (Fsp3) is 0.600. The Balaban J connectivity index is 1.87. The lowest BCUT2D eigenvalue weighted by molar-refractivity contribution is -0.123. The van der Waals surface area contributed by atoms with Crippen LogP contribution in [0.1, 0.15) is 38.7 Å². The molecular formula is C25H39N5O2. The van der Waals surface area contributed by atoms with Crippen molar-refractivity contribution in [1.82, 2.24) is 15.5 Å². The van der Waals surface area contributed by atoms with Gasteiger partial charge in [-0.1, -0.05) is 18.6 Å². The number of amides is 1. The predicted molar refractivity (Wildman–Crippen MR) is 132 cm³/mol. The van der Waals surface area contributed by atoms with Gasteiger partial charge in [0, 0.05) is 82.8 Å². The molecule has 3 N–H and O–H groups in total. The molecule has 3 rings (SSSR count). The van der Waals surface area contributed by atoms with Crippen LogP contribution in [0.4, 0.5) is 11.4 Å². The van der Waals surface area contributed by atoms with Gasteiger partial charge in [0.2, 0.25) is 5.91 Å². The number of aldehydes is 1. The number of hydrogen-bond donors (Lipinski definition) is 3. The number of carbonyl (C=O) groups excluding carboxylic acids is 2. The van der Waals surface area contributed by atoms with Crippen LogP contribution in [0.15, 0.2) is 23.8 Å². The van der Waals surface area contributed by atoms with Gasteiger partial charge < -0.3 is 25.6 Å². The van der Waals surface area contributed by atoms with Crippen LogP contribution in [-0.4, -0.2) is 76.5 Å². The number of nitrogens with zero attached hydrogens (tertiary/aromatic N) is 2. The van der Waals surface area contributed by atoms with Crippen molar-refractivity contribution < 1.29 is 9.59 Å². The van der Waals surface area contributed by atoms with E-state index in [4.69, 9.17) is 0 Å². The summed E-state index contributed by atoms with van der Waals surface area (Å²) < 4.78 is 0. The third-order valence-electron chi connectivity index (χ3n) is 6.99. The number of hydrogen-bond acceptors (Lipinski definition) is 6. The van der Waals surface area contributed by atoms with Crippen molar-refractivity contribution in [3.63, 3.8) is 0 Å². The minimum Gasteiger partial charge on any atom is -0.388 e. The van der Waals surface area contributed by atoms with Crippen molar-refractivity contribution >= 4 is 29.1 Å². The lowest BCUT2D eigenvalue weighted by Crippen LogP contribution is -2.61. The van der Waals surface area contributed by atoms with Crippen molar-refractivity contribution in [1.29, 1.82) is 0 Å². The van der Waals surface area contributed by atoms with Gasteiger partial charge in [0.15, 0.2) is 0 Å². The predicted octanol–water partition coefficient (Wildman–Crippen LogP) is 2.35. The van der Waals surface area contributed by atoms with Crippen molar-refractivity contribution in [2.75, 3.05) is 63.6 Å². The van der Waals surface area contributed by atoms with E-state index in [0.717, 1.165) is 68.8 Å². The molecule has 0 spiro atoms. The van der Waals surface area contributed by atoms with Crippen LogP contribution < -0.4 is 20.9 Å². The van der Waals surface area contributed by atoms with Gasteiger partial charge in [0.05, 0.1) is 5.92 Å². The van der Waals surface area contributed by atoms with Crippen LogP contribution in [0.3, 0.4) is 0 Å². The average Bonchev–Trinajstić information content (AvgIpc) is 2.80. The van der Waals surface area contributed by atoms with E-state index in [1.807, 2.05) is 7.05 Å². The second-order valence-corrected chi connectivity index (χ2v) is 8.77. The first-order valence-electron chi connectivity index (χ1n) is 11.9. The molecule has 2 heterocycles. The topological polar surface area (TPSA) is 76.7 Å². The molecule has 7 heteroatoms. The van der Waals surface area contributed by atoms with E-state index in [1.165, 1.54) is 11.3 Å². The fourth-order valence-corrected chi connectivity index (χ4v) is 4.77. The summed E-state index contributed by atoms with van der Waals surface area (Å²) in [5.74, 6) is -0.384. The second-order valence-electron chi connectivity index (χ2n) is 8.77. The molecule has 1 aromatic carbocycles. The summed E-state index contributed by atoms with van der Waals surface area (Å²) >= 11 is 0. The normalized spacial score (nSPS) is 19.1. The first kappa shape index (κ1) is 24.3. The molecule has 0 saturated carbocycles. The van der Waals surface area contributed by atoms with E-state index in [9.17, 15) is 9.59 Å². The molecule has 1 aromatic rings. The highest BCUT2D eigenvalue weighted by molar-refractivity contribution is 5.95. The molecule has 2 aliphatic rings. The molecule has 0 aromatic heterocycles. The molecule has 1 unspecified atom stereocenters. The standard InChI is InChI=1S/C25H39N5O2/c1-5-18(2)24(22(7-6-14-31)25(32)27-4)21-9-8-19(15-23(21)26-3)29-10-12-30(13-11-29)20-16-28-17-20/h8-9,14-15,20,22,26,28H,5-7,10-13,16-17H2,1-4H3,(H,27,32). The number of allylic oxidation sites excluding steroid dienone is 1. The van der Waals surface area contributed by atoms with Crippen molar-refractivity contribution in [3.8, 4) is 0 Å². The minimum absolute atomic E-state index is 0.0395. The SMILES string of the molecule is CCC(C)=C(c1ccc(N2CCN(C3CNC3)CC2)cc1NC)C(CCC=O)C(=O)NC. The Kier molecular flexibility index (Phi) is 8.70. The van der Waals surface area contributed by atoms with E-state index >= 15 is 0 Å². The van der Waals surface area contributed by atoms with E-state index < -0.39 is 0 Å². The Morgan fingerprint density at radius 1 is 1.22 bits per heavy atom. The third-order valence-corrected chi connectivity index (χ3v) is 6.99. The van der Waals surface area contributed by atoms with Gasteiger partial charge in [-0.3, -0.25) is 9.69 Å². The second kappa shape index (κ2) is 11.5. The van der Waals surface area contributed by atoms with E-state index in [-0.39, 0.29) is 11.8 Å². The Hall–Kier alpha value is -2.38. The van der Waals surface area contributed by atoms with Gasteiger partial charge in [-0.15, -0.1) is 0 Å². The highest BCUT2D eigenvalue weighted by atomic mass is 16.1. The number of anilines is 2. The smallest absolute Gasteiger partial charge is 0.227 e. The maximum Gasteiger partial charge on any atom is 0.227 e. The monoisotopic (exact) mass is 441 g/mol. The maximum atomic E-state index is 12.8. The van der Waals surface area contributed by atoms with Crippen molar-refractivity contribution in [3.05, 3.63) is 29.3 Å². The van der Waals surface area contributed by atoms with Crippen molar-refractivity contribution in [2.24, 2.45) is 5.92 Å². The molecule has 32 heavy (non-hydrogen) atoms. The van der Waals surface area contributed by atoms with Crippen LogP contribution in [0, 0.1) is 5.92 Å². The minimum atomic E-state index is -0.345. The third kappa shape index (κ3) is 5.33. The Morgan fingerprint density at radius 3 is 2.47 bits per heavy atom. The molecule has 1 atom stereocenters. The summed E-state index contributed by atoms with van der Waals surface area (Å²) in [4.78, 5) is 28.9. The summed E-state index contributed by atoms with van der Waals surface area (Å²) in [6.07, 6.45) is 2.63. The van der Waals surface area contributed by atoms with Crippen LogP contribution in [0.2, 0.25) is 0 Å². The summed E-state index contributed by atoms with van der Waals surface area (Å²) in [6.45, 7) is 10.7. The summed E-state index contributed by atoms with van der Waals surface area (Å²) in [7, 11) is 3.60. The van der Waals surface area contributed by atoms with E-state index in [0.29, 0.717) is 18.9 Å². The molecule has 1 amide bonds. The van der Waals surface area contributed by atoms with Crippen LogP contribution in [0.5, 0.6) is 0 Å². The highest BCUT2D eigenvalue weighted by Crippen LogP contribution is 2.37. The summed E-state index contributed by atoms with van der Waals surface area (Å²) in [6, 6.07) is 7.24. The first-order valence-corrected chi connectivity index (χ1v) is 11.9. The zero-order valence-electron chi connectivity index (χ0n) is 20.0. The van der Waals surface area contributed by atoms with Crippen molar-refractivity contribution in [2.45, 2.75) is 39.2 Å². The van der Waals surface area contributed by atoms with Gasteiger partial charge in [-0.2, -0.15) is 0 Å². The zero-order valence-corrected chi connectivity index (χ0v) is 20.0. The largest absolute Gasteiger partial charge is 0.388 e. The maximum absolute atomic E-state index is 12.8. The molecule has 0 aliphatic carbocycles. The molecule has 0 radical (unpaired) electrons. The van der Waals surface area contributed by atoms with Crippen LogP contribution >= 0.6 is 0 Å². The lowest BCUT2D eigenvalue weighted by atomic mass is 9.83. The Labute approximate surface area is 192 Å². The fourth-order valence-electron chi connectivity index (χ4n) is 4.77. The average molecular weight is 442 g/mol. The molecule has 176 valence electrons. The number of benzene rings is 1. The molecule has 0 bridgehead atoms. The van der Waals surface area contributed by atoms with Gasteiger partial charge in [0.25, 0.3) is 0 Å². The number of rotatable bonds is 10. The number of nitrogens with one attached hydrogen (secondary N) is 3. The Bertz CT molecular complexity index is 826. The van der Waals surface area contributed by atoms with Crippen LogP contribution in [-0.2, 0) is 9.59 Å². The van der Waals surface area contributed by atoms with Gasteiger partial charge in [0.1, 0.15) is 6.29 Å². The van der Waals surface area contributed by atoms with E-state index in [1.54, 1.807) is 7.05 Å². The lowest BCUT2D eigenvalue weighted by Gasteiger charge is -2.44. The summed E-state index contributed by atoms with van der Waals surface area (Å²) in [5, 5.41) is 9.53. The molecule has 2 aliphatic heterocycles. The molecule has 7 nitrogen and oxygen atoms in total. The van der Waals surface area contributed by atoms with Gasteiger partial charge in [-0.25, -0.2) is 0 Å². The quantitative estimate of drug-likeness (QED) is 0.484. The zero-order chi connectivity index (χ0) is 23.1. The number of piperazine rings is 1. The van der Waals surface area contributed by atoms with Crippen LogP contribution in [0.25, 0.3) is 5.57 Å². The summed E-state index contributed by atoms with van der Waals surface area (Å²) in [5.41, 5.74) is 5.50. The van der Waals surface area contributed by atoms with Gasteiger partial charge in [-0.05, 0) is 37.5 Å². The van der Waals surface area contributed by atoms with Gasteiger partial charge >= 0.3 is 0 Å². The Morgan fingerprint density at radius 2 is 1.94 bits per heavy atom. The number of carbonyl (C=O) groups is 2. The molecular weight excluding hydrogens is 402 g/mol. The highest BCUT2D eigenvalue weighted by Gasteiger charge is 2.29. The first-order chi connectivity index (χ1) is 15.5. The molecule has 2 saturated heterocycles. The van der Waals surface area contributed by atoms with E-state index in [2.05, 4.69) is 57.8 Å².